The van der Waals surface area contributed by atoms with Crippen LogP contribution in [0, 0.1) is 6.92 Å². The number of furan rings is 1. The van der Waals surface area contributed by atoms with Gasteiger partial charge in [-0.3, -0.25) is 4.79 Å². The van der Waals surface area contributed by atoms with Gasteiger partial charge in [-0.2, -0.15) is 0 Å². The summed E-state index contributed by atoms with van der Waals surface area (Å²) >= 11 is 0. The van der Waals surface area contributed by atoms with Crippen LogP contribution in [0.5, 0.6) is 0 Å². The lowest BCUT2D eigenvalue weighted by Crippen LogP contribution is -2.29. The van der Waals surface area contributed by atoms with Crippen LogP contribution in [0.25, 0.3) is 0 Å². The largest absolute Gasteiger partial charge is 0.466 e. The van der Waals surface area contributed by atoms with Crippen LogP contribution in [-0.4, -0.2) is 5.78 Å². The molecule has 0 aromatic carbocycles. The molecule has 0 unspecified atom stereocenters. The molecule has 1 saturated carbocycles. The van der Waals surface area contributed by atoms with E-state index < -0.39 is 0 Å². The molecule has 0 spiro atoms. The minimum atomic E-state index is -0.0520. The third-order valence-electron chi connectivity index (χ3n) is 3.11. The summed E-state index contributed by atoms with van der Waals surface area (Å²) in [5.74, 6) is 2.27. The first-order valence-corrected chi connectivity index (χ1v) is 5.19. The fraction of sp³-hybridized carbons (Fsp3) is 0.583. The second-order valence-corrected chi connectivity index (χ2v) is 4.54. The number of hydrogen-bond acceptors (Lipinski definition) is 2. The third kappa shape index (κ3) is 1.61. The number of hydrogen-bond donors (Lipinski definition) is 0. The van der Waals surface area contributed by atoms with E-state index in [9.17, 15) is 4.79 Å². The van der Waals surface area contributed by atoms with Crippen molar-refractivity contribution in [1.82, 2.24) is 0 Å². The van der Waals surface area contributed by atoms with Crippen LogP contribution in [0.3, 0.4) is 0 Å². The van der Waals surface area contributed by atoms with Gasteiger partial charge in [0.2, 0.25) is 0 Å². The smallest absolute Gasteiger partial charge is 0.133 e. The number of Topliss-reactive ketones (excluding diaryl/α,β-unsaturated/α-hetero) is 1. The molecule has 2 heteroatoms. The molecule has 0 amide bonds. The Balaban J connectivity index is 2.26. The van der Waals surface area contributed by atoms with Gasteiger partial charge in [0.25, 0.3) is 0 Å². The molecule has 2 nitrogen and oxygen atoms in total. The van der Waals surface area contributed by atoms with E-state index in [4.69, 9.17) is 4.42 Å². The Hall–Kier alpha value is -1.05. The third-order valence-corrected chi connectivity index (χ3v) is 3.11. The quantitative estimate of drug-likeness (QED) is 0.684. The Labute approximate surface area is 84.3 Å². The maximum atomic E-state index is 11.4. The summed E-state index contributed by atoms with van der Waals surface area (Å²) in [4.78, 5) is 11.4. The Kier molecular flexibility index (Phi) is 2.22. The van der Waals surface area contributed by atoms with Crippen LogP contribution in [0.4, 0.5) is 0 Å². The van der Waals surface area contributed by atoms with Crippen molar-refractivity contribution in [2.75, 3.05) is 0 Å². The second kappa shape index (κ2) is 3.26. The van der Waals surface area contributed by atoms with Crippen LogP contribution < -0.4 is 0 Å². The van der Waals surface area contributed by atoms with Crippen LogP contribution in [0.1, 0.15) is 44.1 Å². The number of aryl methyl sites for hydroxylation is 1. The van der Waals surface area contributed by atoms with E-state index in [0.717, 1.165) is 30.8 Å². The molecular weight excluding hydrogens is 176 g/mol. The van der Waals surface area contributed by atoms with Crippen molar-refractivity contribution < 1.29 is 9.21 Å². The van der Waals surface area contributed by atoms with E-state index in [1.807, 2.05) is 19.1 Å². The summed E-state index contributed by atoms with van der Waals surface area (Å²) < 4.78 is 5.62. The van der Waals surface area contributed by atoms with Crippen molar-refractivity contribution in [2.24, 2.45) is 0 Å². The first-order valence-electron chi connectivity index (χ1n) is 5.19. The average Bonchev–Trinajstić information content (AvgIpc) is 2.52. The molecule has 0 aliphatic heterocycles. The lowest BCUT2D eigenvalue weighted by Gasteiger charge is -2.30. The van der Waals surface area contributed by atoms with Crippen LogP contribution in [0.2, 0.25) is 0 Å². The summed E-state index contributed by atoms with van der Waals surface area (Å²) in [5, 5.41) is 0. The monoisotopic (exact) mass is 192 g/mol. The Morgan fingerprint density at radius 2 is 2.21 bits per heavy atom. The highest BCUT2D eigenvalue weighted by Gasteiger charge is 2.35. The van der Waals surface area contributed by atoms with Gasteiger partial charge in [-0.15, -0.1) is 0 Å². The van der Waals surface area contributed by atoms with E-state index in [1.165, 1.54) is 0 Å². The van der Waals surface area contributed by atoms with Gasteiger partial charge >= 0.3 is 0 Å². The molecule has 1 heterocycles. The summed E-state index contributed by atoms with van der Waals surface area (Å²) in [5.41, 5.74) is -0.0520. The zero-order valence-electron chi connectivity index (χ0n) is 8.80. The fourth-order valence-electron chi connectivity index (χ4n) is 2.26. The Morgan fingerprint density at radius 1 is 1.43 bits per heavy atom. The molecule has 1 atom stereocenters. The summed E-state index contributed by atoms with van der Waals surface area (Å²) in [6.45, 7) is 4.07. The van der Waals surface area contributed by atoms with Crippen molar-refractivity contribution >= 4 is 5.78 Å². The second-order valence-electron chi connectivity index (χ2n) is 4.54. The molecule has 2 rings (SSSR count). The summed E-state index contributed by atoms with van der Waals surface area (Å²) in [6.07, 6.45) is 3.44. The maximum Gasteiger partial charge on any atom is 0.133 e. The van der Waals surface area contributed by atoms with Gasteiger partial charge in [-0.1, -0.05) is 6.92 Å². The first-order chi connectivity index (χ1) is 6.60. The molecule has 1 fully saturated rings. The van der Waals surface area contributed by atoms with Gasteiger partial charge in [0.15, 0.2) is 0 Å². The lowest BCUT2D eigenvalue weighted by molar-refractivity contribution is -0.122. The summed E-state index contributed by atoms with van der Waals surface area (Å²) in [6, 6.07) is 3.98. The fourth-order valence-corrected chi connectivity index (χ4v) is 2.26. The average molecular weight is 192 g/mol. The number of rotatable bonds is 1. The van der Waals surface area contributed by atoms with Crippen LogP contribution in [0.15, 0.2) is 16.5 Å². The normalized spacial score (nSPS) is 28.0. The molecule has 0 radical (unpaired) electrons. The Bertz CT molecular complexity index is 351. The predicted octanol–water partition coefficient (Wildman–Crippen LogP) is 2.99. The van der Waals surface area contributed by atoms with E-state index >= 15 is 0 Å². The van der Waals surface area contributed by atoms with Crippen molar-refractivity contribution in [3.63, 3.8) is 0 Å². The standard InChI is InChI=1S/C12H16O2/c1-9-5-6-11(14-9)12(2)7-3-4-10(13)8-12/h5-6H,3-4,7-8H2,1-2H3/t12-/m1/s1. The van der Waals surface area contributed by atoms with Crippen molar-refractivity contribution in [1.29, 1.82) is 0 Å². The molecule has 1 aliphatic rings. The van der Waals surface area contributed by atoms with Gasteiger partial charge < -0.3 is 4.42 Å². The number of carbonyl (C=O) groups is 1. The highest BCUT2D eigenvalue weighted by Crippen LogP contribution is 2.38. The highest BCUT2D eigenvalue weighted by molar-refractivity contribution is 5.80. The SMILES string of the molecule is Cc1ccc([C@]2(C)CCCC(=O)C2)o1. The predicted molar refractivity (Wildman–Crippen MR) is 54.3 cm³/mol. The molecule has 14 heavy (non-hydrogen) atoms. The zero-order chi connectivity index (χ0) is 10.2. The van der Waals surface area contributed by atoms with Gasteiger partial charge in [0.05, 0.1) is 0 Å². The van der Waals surface area contributed by atoms with Gasteiger partial charge in [0, 0.05) is 18.3 Å². The van der Waals surface area contributed by atoms with E-state index in [-0.39, 0.29) is 5.41 Å². The van der Waals surface area contributed by atoms with E-state index in [1.54, 1.807) is 0 Å². The number of carbonyl (C=O) groups excluding carboxylic acids is 1. The molecule has 1 aromatic heterocycles. The maximum absolute atomic E-state index is 11.4. The molecule has 76 valence electrons. The topological polar surface area (TPSA) is 30.2 Å². The number of ketones is 1. The molecule has 0 N–H and O–H groups in total. The lowest BCUT2D eigenvalue weighted by atomic mass is 9.73. The molecule has 1 aliphatic carbocycles. The van der Waals surface area contributed by atoms with Crippen molar-refractivity contribution in [3.8, 4) is 0 Å². The zero-order valence-corrected chi connectivity index (χ0v) is 8.80. The van der Waals surface area contributed by atoms with Crippen molar-refractivity contribution in [2.45, 2.75) is 44.9 Å². The molecular formula is C12H16O2. The van der Waals surface area contributed by atoms with Gasteiger partial charge in [0.1, 0.15) is 17.3 Å². The van der Waals surface area contributed by atoms with E-state index in [0.29, 0.717) is 12.2 Å². The van der Waals surface area contributed by atoms with Crippen molar-refractivity contribution in [3.05, 3.63) is 23.7 Å². The Morgan fingerprint density at radius 3 is 2.79 bits per heavy atom. The minimum absolute atomic E-state index is 0.0520. The van der Waals surface area contributed by atoms with E-state index in [2.05, 4.69) is 6.92 Å². The molecule has 0 saturated heterocycles. The first kappa shape index (κ1) is 9.50. The van der Waals surface area contributed by atoms with Crippen LogP contribution >= 0.6 is 0 Å². The minimum Gasteiger partial charge on any atom is -0.466 e. The van der Waals surface area contributed by atoms with Gasteiger partial charge in [-0.05, 0) is 31.9 Å². The van der Waals surface area contributed by atoms with Crippen LogP contribution in [-0.2, 0) is 10.2 Å². The summed E-state index contributed by atoms with van der Waals surface area (Å²) in [7, 11) is 0. The molecule has 1 aromatic rings. The van der Waals surface area contributed by atoms with Gasteiger partial charge in [-0.25, -0.2) is 0 Å². The highest BCUT2D eigenvalue weighted by atomic mass is 16.3. The molecule has 0 bridgehead atoms.